The van der Waals surface area contributed by atoms with Crippen molar-refractivity contribution in [2.75, 3.05) is 13.2 Å². The van der Waals surface area contributed by atoms with Gasteiger partial charge in [0.25, 0.3) is 0 Å². The Morgan fingerprint density at radius 1 is 1.08 bits per heavy atom. The van der Waals surface area contributed by atoms with E-state index in [1.807, 2.05) is 0 Å². The van der Waals surface area contributed by atoms with Crippen molar-refractivity contribution < 1.29 is 14.6 Å². The van der Waals surface area contributed by atoms with Crippen molar-refractivity contribution in [1.29, 1.82) is 0 Å². The zero-order valence-corrected chi connectivity index (χ0v) is 7.29. The molecule has 0 aromatic rings. The standard InChI is InChI=1S/C9H16O3/c10-8-4-3-7-12-9(8)5-1-2-6-11-9/h8,10H,1-7H2/t8-,9-/m0/s1. The average molecular weight is 172 g/mol. The van der Waals surface area contributed by atoms with Gasteiger partial charge in [-0.3, -0.25) is 0 Å². The Labute approximate surface area is 72.7 Å². The van der Waals surface area contributed by atoms with E-state index >= 15 is 0 Å². The smallest absolute Gasteiger partial charge is 0.194 e. The predicted octanol–water partition coefficient (Wildman–Crippen LogP) is 1.05. The molecule has 3 heteroatoms. The summed E-state index contributed by atoms with van der Waals surface area (Å²) in [5, 5.41) is 9.73. The van der Waals surface area contributed by atoms with Crippen molar-refractivity contribution in [2.45, 2.75) is 44.0 Å². The highest BCUT2D eigenvalue weighted by atomic mass is 16.7. The zero-order chi connectivity index (χ0) is 8.44. The molecule has 2 fully saturated rings. The van der Waals surface area contributed by atoms with E-state index in [-0.39, 0.29) is 0 Å². The molecule has 1 N–H and O–H groups in total. The lowest BCUT2D eigenvalue weighted by molar-refractivity contribution is -0.314. The van der Waals surface area contributed by atoms with Crippen LogP contribution in [0.15, 0.2) is 0 Å². The van der Waals surface area contributed by atoms with Crippen LogP contribution in [-0.4, -0.2) is 30.2 Å². The highest BCUT2D eigenvalue weighted by Crippen LogP contribution is 2.34. The van der Waals surface area contributed by atoms with Crippen LogP contribution in [0.5, 0.6) is 0 Å². The Hall–Kier alpha value is -0.120. The van der Waals surface area contributed by atoms with Crippen LogP contribution in [0.3, 0.4) is 0 Å². The third-order valence-electron chi connectivity index (χ3n) is 2.74. The molecular formula is C9H16O3. The Bertz CT molecular complexity index is 144. The van der Waals surface area contributed by atoms with Gasteiger partial charge in [0.05, 0.1) is 13.2 Å². The molecule has 2 rings (SSSR count). The molecule has 2 aliphatic rings. The van der Waals surface area contributed by atoms with Gasteiger partial charge in [0.2, 0.25) is 0 Å². The molecule has 0 radical (unpaired) electrons. The van der Waals surface area contributed by atoms with E-state index in [2.05, 4.69) is 0 Å². The maximum atomic E-state index is 9.73. The second-order valence-corrected chi connectivity index (χ2v) is 3.62. The van der Waals surface area contributed by atoms with Gasteiger partial charge in [0.15, 0.2) is 5.79 Å². The van der Waals surface area contributed by atoms with Gasteiger partial charge >= 0.3 is 0 Å². The van der Waals surface area contributed by atoms with Crippen LogP contribution in [0.4, 0.5) is 0 Å². The maximum Gasteiger partial charge on any atom is 0.194 e. The first kappa shape index (κ1) is 8.48. The van der Waals surface area contributed by atoms with Crippen molar-refractivity contribution in [3.63, 3.8) is 0 Å². The number of aliphatic hydroxyl groups excluding tert-OH is 1. The fraction of sp³-hybridized carbons (Fsp3) is 1.00. The number of ether oxygens (including phenoxy) is 2. The first-order chi connectivity index (χ1) is 5.83. The summed E-state index contributed by atoms with van der Waals surface area (Å²) in [6, 6.07) is 0. The Balaban J connectivity index is 2.04. The molecule has 0 unspecified atom stereocenters. The summed E-state index contributed by atoms with van der Waals surface area (Å²) in [6.07, 6.45) is 4.42. The van der Waals surface area contributed by atoms with Gasteiger partial charge in [-0.05, 0) is 25.7 Å². The van der Waals surface area contributed by atoms with Crippen molar-refractivity contribution in [3.05, 3.63) is 0 Å². The Kier molecular flexibility index (Phi) is 2.35. The largest absolute Gasteiger partial charge is 0.388 e. The molecule has 0 amide bonds. The zero-order valence-electron chi connectivity index (χ0n) is 7.29. The normalized spacial score (nSPS) is 43.2. The molecule has 0 saturated carbocycles. The van der Waals surface area contributed by atoms with Gasteiger partial charge in [-0.15, -0.1) is 0 Å². The van der Waals surface area contributed by atoms with Crippen molar-refractivity contribution in [1.82, 2.24) is 0 Å². The summed E-state index contributed by atoms with van der Waals surface area (Å²) in [6.45, 7) is 1.47. The second kappa shape index (κ2) is 3.32. The molecule has 0 bridgehead atoms. The van der Waals surface area contributed by atoms with E-state index in [9.17, 15) is 5.11 Å². The lowest BCUT2D eigenvalue weighted by Gasteiger charge is -2.43. The summed E-state index contributed by atoms with van der Waals surface area (Å²) in [5.41, 5.74) is 0. The minimum atomic E-state index is -0.628. The first-order valence-electron chi connectivity index (χ1n) is 4.79. The van der Waals surface area contributed by atoms with Gasteiger partial charge < -0.3 is 14.6 Å². The third kappa shape index (κ3) is 1.37. The highest BCUT2D eigenvalue weighted by Gasteiger charge is 2.43. The summed E-state index contributed by atoms with van der Waals surface area (Å²) in [4.78, 5) is 0. The first-order valence-corrected chi connectivity index (χ1v) is 4.79. The summed E-state index contributed by atoms with van der Waals surface area (Å²) in [7, 11) is 0. The SMILES string of the molecule is O[C@H]1CCCO[C@@]12CCCCO2. The lowest BCUT2D eigenvalue weighted by Crippen LogP contribution is -2.52. The van der Waals surface area contributed by atoms with Crippen LogP contribution in [0.2, 0.25) is 0 Å². The number of rotatable bonds is 0. The van der Waals surface area contributed by atoms with Crippen LogP contribution in [0.25, 0.3) is 0 Å². The van der Waals surface area contributed by atoms with Gasteiger partial charge in [-0.25, -0.2) is 0 Å². The Morgan fingerprint density at radius 3 is 2.42 bits per heavy atom. The molecule has 70 valence electrons. The van der Waals surface area contributed by atoms with Crippen molar-refractivity contribution in [2.24, 2.45) is 0 Å². The minimum absolute atomic E-state index is 0.411. The van der Waals surface area contributed by atoms with Crippen LogP contribution in [0.1, 0.15) is 32.1 Å². The highest BCUT2D eigenvalue weighted by molar-refractivity contribution is 4.84. The summed E-state index contributed by atoms with van der Waals surface area (Å²) in [5.74, 6) is -0.628. The fourth-order valence-corrected chi connectivity index (χ4v) is 2.00. The predicted molar refractivity (Wildman–Crippen MR) is 43.7 cm³/mol. The molecule has 2 saturated heterocycles. The van der Waals surface area contributed by atoms with E-state index in [4.69, 9.17) is 9.47 Å². The van der Waals surface area contributed by atoms with Crippen LogP contribution in [-0.2, 0) is 9.47 Å². The van der Waals surface area contributed by atoms with Crippen molar-refractivity contribution in [3.8, 4) is 0 Å². The molecule has 2 heterocycles. The Morgan fingerprint density at radius 2 is 1.83 bits per heavy atom. The van der Waals surface area contributed by atoms with E-state index in [1.165, 1.54) is 0 Å². The minimum Gasteiger partial charge on any atom is -0.388 e. The summed E-state index contributed by atoms with van der Waals surface area (Å²) >= 11 is 0. The van der Waals surface area contributed by atoms with E-state index in [1.54, 1.807) is 0 Å². The van der Waals surface area contributed by atoms with E-state index in [0.717, 1.165) is 45.3 Å². The quantitative estimate of drug-likeness (QED) is 0.593. The molecule has 0 aliphatic carbocycles. The molecule has 2 aliphatic heterocycles. The number of hydrogen-bond donors (Lipinski definition) is 1. The lowest BCUT2D eigenvalue weighted by atomic mass is 9.94. The number of hydrogen-bond acceptors (Lipinski definition) is 3. The summed E-state index contributed by atoms with van der Waals surface area (Å²) < 4.78 is 11.1. The van der Waals surface area contributed by atoms with Crippen LogP contribution >= 0.6 is 0 Å². The second-order valence-electron chi connectivity index (χ2n) is 3.62. The van der Waals surface area contributed by atoms with Crippen LogP contribution in [0, 0.1) is 0 Å². The van der Waals surface area contributed by atoms with E-state index in [0.29, 0.717) is 0 Å². The molecule has 2 atom stereocenters. The topological polar surface area (TPSA) is 38.7 Å². The van der Waals surface area contributed by atoms with E-state index < -0.39 is 11.9 Å². The molecule has 12 heavy (non-hydrogen) atoms. The maximum absolute atomic E-state index is 9.73. The van der Waals surface area contributed by atoms with Crippen LogP contribution < -0.4 is 0 Å². The molecular weight excluding hydrogens is 156 g/mol. The molecule has 0 aromatic heterocycles. The van der Waals surface area contributed by atoms with Gasteiger partial charge in [-0.1, -0.05) is 0 Å². The molecule has 3 nitrogen and oxygen atoms in total. The monoisotopic (exact) mass is 172 g/mol. The fourth-order valence-electron chi connectivity index (χ4n) is 2.00. The van der Waals surface area contributed by atoms with Gasteiger partial charge in [0.1, 0.15) is 6.10 Å². The third-order valence-corrected chi connectivity index (χ3v) is 2.74. The molecule has 1 spiro atoms. The van der Waals surface area contributed by atoms with Gasteiger partial charge in [0, 0.05) is 6.42 Å². The molecule has 0 aromatic carbocycles. The van der Waals surface area contributed by atoms with Crippen molar-refractivity contribution >= 4 is 0 Å². The van der Waals surface area contributed by atoms with Gasteiger partial charge in [-0.2, -0.15) is 0 Å². The average Bonchev–Trinajstić information content (AvgIpc) is 2.12. The number of aliphatic hydroxyl groups is 1.